The van der Waals surface area contributed by atoms with Crippen LogP contribution in [0, 0.1) is 5.82 Å². The molecule has 1 nitrogen and oxygen atoms in total. The molecule has 1 aliphatic rings. The first-order valence-electron chi connectivity index (χ1n) is 3.92. The average Bonchev–Trinajstić information content (AvgIpc) is 2.00. The highest BCUT2D eigenvalue weighted by Gasteiger charge is 2.60. The molecule has 14 heavy (non-hydrogen) atoms. The third kappa shape index (κ3) is 1.05. The van der Waals surface area contributed by atoms with Crippen LogP contribution in [0.15, 0.2) is 18.2 Å². The van der Waals surface area contributed by atoms with Gasteiger partial charge in [-0.1, -0.05) is 6.07 Å². The summed E-state index contributed by atoms with van der Waals surface area (Å²) >= 11 is 0. The normalized spacial score (nSPS) is 25.5. The van der Waals surface area contributed by atoms with Gasteiger partial charge in [0.2, 0.25) is 0 Å². The average molecular weight is 206 g/mol. The largest absolute Gasteiger partial charge is 0.421 e. The molecule has 5 heteroatoms. The molecular formula is C9H6F4O. The van der Waals surface area contributed by atoms with Gasteiger partial charge in [-0.15, -0.1) is 0 Å². The zero-order valence-corrected chi connectivity index (χ0v) is 6.90. The summed E-state index contributed by atoms with van der Waals surface area (Å²) in [6.07, 6.45) is -5.26. The van der Waals surface area contributed by atoms with Crippen molar-refractivity contribution in [2.45, 2.75) is 18.2 Å². The molecule has 0 bridgehead atoms. The minimum atomic E-state index is -4.70. The summed E-state index contributed by atoms with van der Waals surface area (Å²) < 4.78 is 49.5. The van der Waals surface area contributed by atoms with Crippen LogP contribution in [0.1, 0.15) is 11.1 Å². The molecule has 0 radical (unpaired) electrons. The number of aliphatic hydroxyl groups is 1. The van der Waals surface area contributed by atoms with Crippen molar-refractivity contribution in [3.8, 4) is 0 Å². The Hall–Kier alpha value is -1.10. The van der Waals surface area contributed by atoms with E-state index in [0.29, 0.717) is 0 Å². The predicted molar refractivity (Wildman–Crippen MR) is 40.1 cm³/mol. The van der Waals surface area contributed by atoms with E-state index in [1.165, 1.54) is 0 Å². The van der Waals surface area contributed by atoms with Crippen molar-refractivity contribution in [2.75, 3.05) is 0 Å². The van der Waals surface area contributed by atoms with Crippen LogP contribution in [0.5, 0.6) is 0 Å². The molecule has 1 N–H and O–H groups in total. The van der Waals surface area contributed by atoms with Gasteiger partial charge in [0.25, 0.3) is 0 Å². The van der Waals surface area contributed by atoms with Crippen LogP contribution >= 0.6 is 0 Å². The van der Waals surface area contributed by atoms with E-state index >= 15 is 0 Å². The molecular weight excluding hydrogens is 200 g/mol. The van der Waals surface area contributed by atoms with Crippen molar-refractivity contribution >= 4 is 0 Å². The third-order valence-corrected chi connectivity index (χ3v) is 2.43. The van der Waals surface area contributed by atoms with Gasteiger partial charge in [0.05, 0.1) is 0 Å². The van der Waals surface area contributed by atoms with Gasteiger partial charge in [0.1, 0.15) is 5.82 Å². The van der Waals surface area contributed by atoms with Crippen molar-refractivity contribution in [3.63, 3.8) is 0 Å². The summed E-state index contributed by atoms with van der Waals surface area (Å²) in [7, 11) is 0. The minimum Gasteiger partial charge on any atom is -0.376 e. The summed E-state index contributed by atoms with van der Waals surface area (Å²) in [5.41, 5.74) is -2.81. The van der Waals surface area contributed by atoms with E-state index in [1.54, 1.807) is 0 Å². The molecule has 0 fully saturated rings. The maximum absolute atomic E-state index is 12.6. The molecule has 0 aromatic heterocycles. The molecule has 0 amide bonds. The maximum Gasteiger partial charge on any atom is 0.421 e. The fraction of sp³-hybridized carbons (Fsp3) is 0.333. The SMILES string of the molecule is OC1(C(F)(F)F)Cc2cc(F)ccc21. The van der Waals surface area contributed by atoms with Gasteiger partial charge in [0.15, 0.2) is 5.60 Å². The zero-order chi connectivity index (χ0) is 10.6. The van der Waals surface area contributed by atoms with Crippen molar-refractivity contribution in [1.29, 1.82) is 0 Å². The Labute approximate surface area is 77.0 Å². The second-order valence-electron chi connectivity index (χ2n) is 3.34. The van der Waals surface area contributed by atoms with Crippen LogP contribution in [0.2, 0.25) is 0 Å². The fourth-order valence-corrected chi connectivity index (χ4v) is 1.63. The van der Waals surface area contributed by atoms with Crippen LogP contribution in [0.4, 0.5) is 17.6 Å². The molecule has 2 rings (SSSR count). The number of hydrogen-bond acceptors (Lipinski definition) is 1. The molecule has 1 aliphatic carbocycles. The third-order valence-electron chi connectivity index (χ3n) is 2.43. The van der Waals surface area contributed by atoms with Gasteiger partial charge in [-0.3, -0.25) is 0 Å². The first-order valence-corrected chi connectivity index (χ1v) is 3.92. The Bertz CT molecular complexity index is 385. The highest BCUT2D eigenvalue weighted by atomic mass is 19.4. The van der Waals surface area contributed by atoms with Crippen LogP contribution < -0.4 is 0 Å². The van der Waals surface area contributed by atoms with E-state index in [1.807, 2.05) is 0 Å². The quantitative estimate of drug-likeness (QED) is 0.644. The molecule has 1 aromatic rings. The van der Waals surface area contributed by atoms with Crippen molar-refractivity contribution in [2.24, 2.45) is 0 Å². The van der Waals surface area contributed by atoms with E-state index in [-0.39, 0.29) is 11.1 Å². The summed E-state index contributed by atoms with van der Waals surface area (Å²) in [6, 6.07) is 2.89. The number of alkyl halides is 3. The standard InChI is InChI=1S/C9H6F4O/c10-6-1-2-7-5(3-6)4-8(7,14)9(11,12)13/h1-3,14H,4H2. The fourth-order valence-electron chi connectivity index (χ4n) is 1.63. The lowest BCUT2D eigenvalue weighted by Crippen LogP contribution is -2.51. The highest BCUT2D eigenvalue weighted by Crippen LogP contribution is 2.49. The summed E-state index contributed by atoms with van der Waals surface area (Å²) in [4.78, 5) is 0. The number of hydrogen-bond donors (Lipinski definition) is 1. The second kappa shape index (κ2) is 2.48. The van der Waals surface area contributed by atoms with E-state index in [0.717, 1.165) is 18.2 Å². The van der Waals surface area contributed by atoms with E-state index < -0.39 is 24.0 Å². The lowest BCUT2D eigenvalue weighted by Gasteiger charge is -2.40. The topological polar surface area (TPSA) is 20.2 Å². The van der Waals surface area contributed by atoms with Gasteiger partial charge in [0, 0.05) is 6.42 Å². The molecule has 0 heterocycles. The first kappa shape index (κ1) is 9.45. The molecule has 1 atom stereocenters. The van der Waals surface area contributed by atoms with Gasteiger partial charge < -0.3 is 5.11 Å². The van der Waals surface area contributed by atoms with Gasteiger partial charge in [-0.05, 0) is 23.3 Å². The molecule has 0 saturated heterocycles. The Kier molecular flexibility index (Phi) is 1.67. The van der Waals surface area contributed by atoms with Crippen molar-refractivity contribution < 1.29 is 22.7 Å². The number of benzene rings is 1. The van der Waals surface area contributed by atoms with E-state index in [9.17, 15) is 22.7 Å². The van der Waals surface area contributed by atoms with Crippen LogP contribution in [0.25, 0.3) is 0 Å². The molecule has 0 aliphatic heterocycles. The number of halogens is 4. The van der Waals surface area contributed by atoms with E-state index in [2.05, 4.69) is 0 Å². The smallest absolute Gasteiger partial charge is 0.376 e. The molecule has 1 aromatic carbocycles. The van der Waals surface area contributed by atoms with Gasteiger partial charge in [-0.25, -0.2) is 4.39 Å². The van der Waals surface area contributed by atoms with Crippen LogP contribution in [-0.4, -0.2) is 11.3 Å². The molecule has 76 valence electrons. The molecule has 0 saturated carbocycles. The Morgan fingerprint density at radius 3 is 2.43 bits per heavy atom. The Morgan fingerprint density at radius 2 is 1.93 bits per heavy atom. The van der Waals surface area contributed by atoms with Crippen LogP contribution in [0.3, 0.4) is 0 Å². The zero-order valence-electron chi connectivity index (χ0n) is 6.90. The lowest BCUT2D eigenvalue weighted by atomic mass is 9.73. The van der Waals surface area contributed by atoms with Gasteiger partial charge in [-0.2, -0.15) is 13.2 Å². The minimum absolute atomic E-state index is 0.213. The van der Waals surface area contributed by atoms with Crippen molar-refractivity contribution in [3.05, 3.63) is 35.1 Å². The highest BCUT2D eigenvalue weighted by molar-refractivity contribution is 5.44. The lowest BCUT2D eigenvalue weighted by molar-refractivity contribution is -0.275. The Balaban J connectivity index is 2.45. The summed E-state index contributed by atoms with van der Waals surface area (Å²) in [5, 5.41) is 9.24. The van der Waals surface area contributed by atoms with Crippen LogP contribution in [-0.2, 0) is 12.0 Å². The first-order chi connectivity index (χ1) is 6.34. The predicted octanol–water partition coefficient (Wildman–Crippen LogP) is 2.13. The number of rotatable bonds is 0. The summed E-state index contributed by atoms with van der Waals surface area (Å²) in [6.45, 7) is 0. The number of fused-ring (bicyclic) bond motifs is 1. The monoisotopic (exact) mass is 206 g/mol. The summed E-state index contributed by atoms with van der Waals surface area (Å²) in [5.74, 6) is -0.590. The van der Waals surface area contributed by atoms with E-state index in [4.69, 9.17) is 0 Å². The maximum atomic E-state index is 12.6. The van der Waals surface area contributed by atoms with Gasteiger partial charge >= 0.3 is 6.18 Å². The second-order valence-corrected chi connectivity index (χ2v) is 3.34. The Morgan fingerprint density at radius 1 is 1.29 bits per heavy atom. The molecule has 1 unspecified atom stereocenters. The van der Waals surface area contributed by atoms with Crippen molar-refractivity contribution in [1.82, 2.24) is 0 Å². The molecule has 0 spiro atoms.